The molecule has 4 heterocycles. The number of benzene rings is 3. The molecule has 7 rings (SSSR count). The fourth-order valence-electron chi connectivity index (χ4n) is 8.25. The number of piperazine rings is 1. The van der Waals surface area contributed by atoms with Gasteiger partial charge in [0, 0.05) is 88.0 Å². The first kappa shape index (κ1) is 47.4. The van der Waals surface area contributed by atoms with Crippen molar-refractivity contribution in [2.75, 3.05) is 69.8 Å². The quantitative estimate of drug-likeness (QED) is 0.0441. The van der Waals surface area contributed by atoms with Gasteiger partial charge in [-0.05, 0) is 105 Å². The first-order valence-corrected chi connectivity index (χ1v) is 22.8. The fourth-order valence-corrected chi connectivity index (χ4v) is 8.25. The molecule has 0 spiro atoms. The third kappa shape index (κ3) is 13.0. The van der Waals surface area contributed by atoms with Gasteiger partial charge in [-0.25, -0.2) is 9.97 Å². The number of hydrogen-bond donors (Lipinski definition) is 3. The molecule has 3 amide bonds. The van der Waals surface area contributed by atoms with Crippen LogP contribution >= 0.6 is 0 Å². The molecule has 0 radical (unpaired) electrons. The molecular weight excluding hydrogens is 839 g/mol. The number of carbonyl (C=O) groups is 4. The van der Waals surface area contributed by atoms with Gasteiger partial charge >= 0.3 is 0 Å². The highest BCUT2D eigenvalue weighted by Crippen LogP contribution is 2.25. The van der Waals surface area contributed by atoms with E-state index in [0.717, 1.165) is 105 Å². The minimum atomic E-state index is -0.399. The van der Waals surface area contributed by atoms with Crippen LogP contribution in [0.1, 0.15) is 89.2 Å². The molecule has 2 aliphatic rings. The Morgan fingerprint density at radius 3 is 2.56 bits per heavy atom. The molecule has 1 unspecified atom stereocenters. The summed E-state index contributed by atoms with van der Waals surface area (Å²) in [7, 11) is 3.75. The Morgan fingerprint density at radius 1 is 0.955 bits per heavy atom. The SMILES string of the molecule is C[C@@H](NC(=O)c1cccc(NCc2nnc(-c3ccncn3)n2C)c1)c1cccc(OCCCCCCOCCN2CCN(c3ccc(C=O)c(CN(C)C4CCC(=O)NC4=O)c3)CC2)c1. The lowest BCUT2D eigenvalue weighted by atomic mass is 10.0. The summed E-state index contributed by atoms with van der Waals surface area (Å²) in [5.41, 5.74) is 5.54. The van der Waals surface area contributed by atoms with Gasteiger partial charge in [0.15, 0.2) is 11.6 Å². The number of unbranched alkanes of at least 4 members (excludes halogenated alkanes) is 3. The van der Waals surface area contributed by atoms with Crippen LogP contribution in [-0.4, -0.2) is 124 Å². The van der Waals surface area contributed by atoms with Crippen LogP contribution in [-0.2, 0) is 34.5 Å². The predicted octanol–water partition coefficient (Wildman–Crippen LogP) is 5.20. The molecule has 3 aromatic carbocycles. The Kier molecular flexibility index (Phi) is 16.9. The maximum Gasteiger partial charge on any atom is 0.251 e. The summed E-state index contributed by atoms with van der Waals surface area (Å²) >= 11 is 0. The molecule has 2 fully saturated rings. The van der Waals surface area contributed by atoms with Gasteiger partial charge in [-0.15, -0.1) is 10.2 Å². The van der Waals surface area contributed by atoms with Gasteiger partial charge in [0.25, 0.3) is 5.91 Å². The van der Waals surface area contributed by atoms with Gasteiger partial charge in [0.05, 0.1) is 31.8 Å². The number of ether oxygens (including phenoxy) is 2. The summed E-state index contributed by atoms with van der Waals surface area (Å²) < 4.78 is 14.0. The van der Waals surface area contributed by atoms with Crippen LogP contribution in [0.3, 0.4) is 0 Å². The smallest absolute Gasteiger partial charge is 0.251 e. The van der Waals surface area contributed by atoms with E-state index in [1.54, 1.807) is 18.3 Å². The molecule has 0 bridgehead atoms. The molecule has 66 heavy (non-hydrogen) atoms. The molecule has 3 N–H and O–H groups in total. The second kappa shape index (κ2) is 23.6. The summed E-state index contributed by atoms with van der Waals surface area (Å²) in [6.07, 6.45) is 8.88. The van der Waals surface area contributed by atoms with Crippen LogP contribution in [0.2, 0.25) is 0 Å². The maximum absolute atomic E-state index is 13.3. The minimum absolute atomic E-state index is 0.171. The van der Waals surface area contributed by atoms with Crippen molar-refractivity contribution in [2.24, 2.45) is 7.05 Å². The third-order valence-corrected chi connectivity index (χ3v) is 12.2. The number of nitrogens with one attached hydrogen (secondary N) is 3. The zero-order valence-electron chi connectivity index (χ0n) is 38.2. The molecule has 17 heteroatoms. The van der Waals surface area contributed by atoms with Crippen molar-refractivity contribution in [1.82, 2.24) is 45.2 Å². The normalized spacial score (nSPS) is 15.9. The molecule has 0 aliphatic carbocycles. The topological polar surface area (TPSA) is 189 Å². The van der Waals surface area contributed by atoms with Gasteiger partial charge in [-0.1, -0.05) is 24.6 Å². The predicted molar refractivity (Wildman–Crippen MR) is 251 cm³/mol. The number of imide groups is 1. The van der Waals surface area contributed by atoms with Crippen LogP contribution in [0, 0.1) is 0 Å². The molecule has 17 nitrogen and oxygen atoms in total. The van der Waals surface area contributed by atoms with Crippen LogP contribution in [0.4, 0.5) is 11.4 Å². The molecule has 2 aromatic heterocycles. The highest BCUT2D eigenvalue weighted by atomic mass is 16.5. The van der Waals surface area contributed by atoms with E-state index >= 15 is 0 Å². The minimum Gasteiger partial charge on any atom is -0.494 e. The Labute approximate surface area is 386 Å². The molecular formula is C49H61N11O6. The maximum atomic E-state index is 13.3. The van der Waals surface area contributed by atoms with E-state index in [9.17, 15) is 19.2 Å². The van der Waals surface area contributed by atoms with Crippen molar-refractivity contribution < 1.29 is 28.7 Å². The lowest BCUT2D eigenvalue weighted by molar-refractivity contribution is -0.137. The molecule has 348 valence electrons. The number of aromatic nitrogens is 5. The molecule has 5 aromatic rings. The van der Waals surface area contributed by atoms with E-state index < -0.39 is 6.04 Å². The van der Waals surface area contributed by atoms with Crippen LogP contribution in [0.5, 0.6) is 5.75 Å². The summed E-state index contributed by atoms with van der Waals surface area (Å²) in [6.45, 7) is 9.37. The standard InChI is InChI=1S/C49H61N11O6/c1-35(53-48(63)37-11-8-12-40(28-37)51-31-45-55-56-47(58(45)3)43-18-19-50-34-52-43)36-10-9-13-42(30-36)66-26-7-5-4-6-25-65-27-24-59-20-22-60(23-21-59)41-15-14-38(33-61)39(29-41)32-57(2)44-16-17-46(62)54-49(44)64/h8-15,18-19,28-30,33-35,44,51H,4-7,16-17,20-27,31-32H2,1-3H3,(H,53,63)(H,54,62,64)/t35-,44?/m1/s1. The molecule has 2 atom stereocenters. The van der Waals surface area contributed by atoms with Gasteiger partial charge in [-0.2, -0.15) is 0 Å². The Balaban J connectivity index is 0.739. The second-order valence-corrected chi connectivity index (χ2v) is 16.9. The van der Waals surface area contributed by atoms with Crippen molar-refractivity contribution in [3.05, 3.63) is 113 Å². The number of nitrogens with zero attached hydrogens (tertiary/aromatic N) is 8. The fraction of sp³-hybridized carbons (Fsp3) is 0.429. The van der Waals surface area contributed by atoms with E-state index in [1.165, 1.54) is 6.33 Å². The number of likely N-dealkylation sites (N-methyl/N-ethyl adjacent to an activating group) is 1. The van der Waals surface area contributed by atoms with Gasteiger partial charge < -0.3 is 29.6 Å². The molecule has 2 aliphatic heterocycles. The van der Waals surface area contributed by atoms with E-state index in [0.29, 0.717) is 61.8 Å². The Hall–Kier alpha value is -6.56. The van der Waals surface area contributed by atoms with Crippen LogP contribution < -0.4 is 25.6 Å². The van der Waals surface area contributed by atoms with Gasteiger partial charge in [0.1, 0.15) is 24.1 Å². The largest absolute Gasteiger partial charge is 0.494 e. The van der Waals surface area contributed by atoms with E-state index in [-0.39, 0.29) is 23.8 Å². The number of aldehydes is 1. The average Bonchev–Trinajstić information content (AvgIpc) is 3.71. The lowest BCUT2D eigenvalue weighted by Crippen LogP contribution is -2.51. The summed E-state index contributed by atoms with van der Waals surface area (Å²) in [5.74, 6) is 1.47. The average molecular weight is 900 g/mol. The first-order valence-electron chi connectivity index (χ1n) is 22.8. The Bertz CT molecular complexity index is 2400. The van der Waals surface area contributed by atoms with Crippen LogP contribution in [0.25, 0.3) is 11.5 Å². The summed E-state index contributed by atoms with van der Waals surface area (Å²) in [4.78, 5) is 64.0. The number of anilines is 2. The zero-order valence-corrected chi connectivity index (χ0v) is 38.2. The van der Waals surface area contributed by atoms with Crippen molar-refractivity contribution in [1.29, 1.82) is 0 Å². The van der Waals surface area contributed by atoms with E-state index in [1.807, 2.05) is 85.1 Å². The third-order valence-electron chi connectivity index (χ3n) is 12.2. The molecule has 2 saturated heterocycles. The monoisotopic (exact) mass is 899 g/mol. The van der Waals surface area contributed by atoms with Crippen LogP contribution in [0.15, 0.2) is 85.3 Å². The Morgan fingerprint density at radius 2 is 1.77 bits per heavy atom. The van der Waals surface area contributed by atoms with Crippen molar-refractivity contribution >= 4 is 35.4 Å². The summed E-state index contributed by atoms with van der Waals surface area (Å²) in [5, 5.41) is 17.5. The lowest BCUT2D eigenvalue weighted by Gasteiger charge is -2.36. The second-order valence-electron chi connectivity index (χ2n) is 16.9. The number of carbonyl (C=O) groups excluding carboxylic acids is 4. The number of hydrogen-bond acceptors (Lipinski definition) is 14. The summed E-state index contributed by atoms with van der Waals surface area (Å²) in [6, 6.07) is 22.4. The number of amides is 3. The van der Waals surface area contributed by atoms with Crippen molar-refractivity contribution in [3.63, 3.8) is 0 Å². The zero-order chi connectivity index (χ0) is 46.3. The first-order chi connectivity index (χ1) is 32.1. The van der Waals surface area contributed by atoms with E-state index in [4.69, 9.17) is 9.47 Å². The van der Waals surface area contributed by atoms with Gasteiger partial charge in [-0.3, -0.25) is 34.3 Å². The van der Waals surface area contributed by atoms with Crippen molar-refractivity contribution in [3.8, 4) is 17.3 Å². The highest BCUT2D eigenvalue weighted by Gasteiger charge is 2.30. The number of rotatable bonds is 23. The molecule has 0 saturated carbocycles. The number of piperidine rings is 1. The van der Waals surface area contributed by atoms with E-state index in [2.05, 4.69) is 52.0 Å². The van der Waals surface area contributed by atoms with Crippen molar-refractivity contribution in [2.45, 2.75) is 70.6 Å². The van der Waals surface area contributed by atoms with Gasteiger partial charge in [0.2, 0.25) is 11.8 Å². The highest BCUT2D eigenvalue weighted by molar-refractivity contribution is 6.00.